The Labute approximate surface area is 107 Å². The van der Waals surface area contributed by atoms with Crippen LogP contribution in [0.5, 0.6) is 0 Å². The maximum atomic E-state index is 12.3. The van der Waals surface area contributed by atoms with Gasteiger partial charge in [-0.05, 0) is 31.9 Å². The summed E-state index contributed by atoms with van der Waals surface area (Å²) in [6.07, 6.45) is 1.76. The molecule has 0 bridgehead atoms. The van der Waals surface area contributed by atoms with Crippen molar-refractivity contribution >= 4 is 5.78 Å². The zero-order chi connectivity index (χ0) is 13.3. The van der Waals surface area contributed by atoms with Crippen molar-refractivity contribution in [2.75, 3.05) is 0 Å². The summed E-state index contributed by atoms with van der Waals surface area (Å²) in [5, 5.41) is 3.98. The second-order valence-corrected chi connectivity index (χ2v) is 4.67. The van der Waals surface area contributed by atoms with E-state index in [0.717, 1.165) is 16.7 Å². The number of rotatable bonds is 3. The van der Waals surface area contributed by atoms with Crippen LogP contribution in [0.4, 0.5) is 0 Å². The third-order valence-electron chi connectivity index (χ3n) is 3.08. The first-order chi connectivity index (χ1) is 8.49. The van der Waals surface area contributed by atoms with E-state index in [-0.39, 0.29) is 5.78 Å². The second kappa shape index (κ2) is 4.72. The van der Waals surface area contributed by atoms with Gasteiger partial charge >= 0.3 is 0 Å². The molecule has 18 heavy (non-hydrogen) atoms. The van der Waals surface area contributed by atoms with Gasteiger partial charge in [-0.3, -0.25) is 9.48 Å². The standard InChI is InChI=1S/C14H17N3O/c1-9-5-10(2)14(11(3)6-9)12(18)7-13-15-8-16-17(13)4/h5-6,8H,7H2,1-4H3. The number of Topliss-reactive ketones (excluding diaryl/α,β-unsaturated/α-hetero) is 1. The van der Waals surface area contributed by atoms with E-state index in [2.05, 4.69) is 10.1 Å². The Morgan fingerprint density at radius 2 is 1.83 bits per heavy atom. The molecule has 2 aromatic rings. The van der Waals surface area contributed by atoms with Crippen LogP contribution in [0, 0.1) is 20.8 Å². The first-order valence-electron chi connectivity index (χ1n) is 5.93. The van der Waals surface area contributed by atoms with Crippen LogP contribution in [-0.2, 0) is 13.5 Å². The Hall–Kier alpha value is -1.97. The summed E-state index contributed by atoms with van der Waals surface area (Å²) in [6.45, 7) is 5.99. The predicted octanol–water partition coefficient (Wildman–Crippen LogP) is 2.17. The van der Waals surface area contributed by atoms with Crippen LogP contribution in [0.15, 0.2) is 18.5 Å². The van der Waals surface area contributed by atoms with E-state index < -0.39 is 0 Å². The summed E-state index contributed by atoms with van der Waals surface area (Å²) in [4.78, 5) is 16.4. The first-order valence-corrected chi connectivity index (χ1v) is 5.93. The lowest BCUT2D eigenvalue weighted by atomic mass is 9.95. The highest BCUT2D eigenvalue weighted by molar-refractivity contribution is 5.99. The normalized spacial score (nSPS) is 10.7. The Morgan fingerprint density at radius 1 is 1.22 bits per heavy atom. The molecule has 0 N–H and O–H groups in total. The van der Waals surface area contributed by atoms with Gasteiger partial charge in [-0.1, -0.05) is 17.7 Å². The second-order valence-electron chi connectivity index (χ2n) is 4.67. The van der Waals surface area contributed by atoms with Gasteiger partial charge < -0.3 is 0 Å². The molecule has 1 heterocycles. The molecule has 0 saturated carbocycles. The molecule has 4 nitrogen and oxygen atoms in total. The molecule has 0 fully saturated rings. The maximum Gasteiger partial charge on any atom is 0.170 e. The van der Waals surface area contributed by atoms with Crippen molar-refractivity contribution in [3.63, 3.8) is 0 Å². The SMILES string of the molecule is Cc1cc(C)c(C(=O)Cc2ncnn2C)c(C)c1. The lowest BCUT2D eigenvalue weighted by Crippen LogP contribution is -2.12. The minimum atomic E-state index is 0.0982. The number of aromatic nitrogens is 3. The van der Waals surface area contributed by atoms with Crippen LogP contribution in [0.25, 0.3) is 0 Å². The van der Waals surface area contributed by atoms with Gasteiger partial charge in [0, 0.05) is 12.6 Å². The lowest BCUT2D eigenvalue weighted by Gasteiger charge is -2.10. The summed E-state index contributed by atoms with van der Waals surface area (Å²) in [5.41, 5.74) is 4.04. The van der Waals surface area contributed by atoms with Gasteiger partial charge in [-0.15, -0.1) is 0 Å². The van der Waals surface area contributed by atoms with Crippen LogP contribution >= 0.6 is 0 Å². The number of hydrogen-bond donors (Lipinski definition) is 0. The molecule has 1 aromatic carbocycles. The molecule has 0 unspecified atom stereocenters. The van der Waals surface area contributed by atoms with Crippen molar-refractivity contribution in [3.05, 3.63) is 46.5 Å². The first kappa shape index (κ1) is 12.5. The summed E-state index contributed by atoms with van der Waals surface area (Å²) >= 11 is 0. The molecule has 0 aliphatic carbocycles. The number of benzene rings is 1. The summed E-state index contributed by atoms with van der Waals surface area (Å²) in [6, 6.07) is 4.08. The van der Waals surface area contributed by atoms with Crippen LogP contribution in [0.1, 0.15) is 32.9 Å². The van der Waals surface area contributed by atoms with E-state index >= 15 is 0 Å². The summed E-state index contributed by atoms with van der Waals surface area (Å²) < 4.78 is 1.64. The topological polar surface area (TPSA) is 47.8 Å². The highest BCUT2D eigenvalue weighted by atomic mass is 16.1. The molecule has 0 radical (unpaired) electrons. The van der Waals surface area contributed by atoms with Gasteiger partial charge in [0.2, 0.25) is 0 Å². The van der Waals surface area contributed by atoms with Crippen LogP contribution in [-0.4, -0.2) is 20.5 Å². The van der Waals surface area contributed by atoms with Gasteiger partial charge in [-0.25, -0.2) is 4.98 Å². The molecular weight excluding hydrogens is 226 g/mol. The molecular formula is C14H17N3O. The molecule has 0 aliphatic heterocycles. The van der Waals surface area contributed by atoms with E-state index in [9.17, 15) is 4.79 Å². The number of ketones is 1. The van der Waals surface area contributed by atoms with E-state index in [4.69, 9.17) is 0 Å². The number of hydrogen-bond acceptors (Lipinski definition) is 3. The van der Waals surface area contributed by atoms with Crippen LogP contribution in [0.2, 0.25) is 0 Å². The number of aryl methyl sites for hydroxylation is 4. The van der Waals surface area contributed by atoms with Crippen molar-refractivity contribution in [3.8, 4) is 0 Å². The number of carbonyl (C=O) groups is 1. The smallest absolute Gasteiger partial charge is 0.170 e. The number of carbonyl (C=O) groups excluding carboxylic acids is 1. The zero-order valence-electron chi connectivity index (χ0n) is 11.2. The fraction of sp³-hybridized carbons (Fsp3) is 0.357. The average Bonchev–Trinajstić information content (AvgIpc) is 2.62. The van der Waals surface area contributed by atoms with E-state index in [1.807, 2.05) is 32.9 Å². The largest absolute Gasteiger partial charge is 0.294 e. The monoisotopic (exact) mass is 243 g/mol. The molecule has 0 atom stereocenters. The van der Waals surface area contributed by atoms with Gasteiger partial charge in [0.25, 0.3) is 0 Å². The third kappa shape index (κ3) is 2.32. The zero-order valence-corrected chi connectivity index (χ0v) is 11.2. The van der Waals surface area contributed by atoms with Crippen LogP contribution < -0.4 is 0 Å². The maximum absolute atomic E-state index is 12.3. The molecule has 2 rings (SSSR count). The highest BCUT2D eigenvalue weighted by Crippen LogP contribution is 2.18. The highest BCUT2D eigenvalue weighted by Gasteiger charge is 2.15. The van der Waals surface area contributed by atoms with Crippen molar-refractivity contribution in [2.24, 2.45) is 7.05 Å². The summed E-state index contributed by atoms with van der Waals surface area (Å²) in [7, 11) is 1.80. The van der Waals surface area contributed by atoms with Crippen LogP contribution in [0.3, 0.4) is 0 Å². The van der Waals surface area contributed by atoms with E-state index in [1.165, 1.54) is 11.9 Å². The molecule has 0 spiro atoms. The minimum absolute atomic E-state index is 0.0982. The third-order valence-corrected chi connectivity index (χ3v) is 3.08. The lowest BCUT2D eigenvalue weighted by molar-refractivity contribution is 0.0988. The fourth-order valence-corrected chi connectivity index (χ4v) is 2.33. The Kier molecular flexibility index (Phi) is 3.28. The van der Waals surface area contributed by atoms with Gasteiger partial charge in [0.15, 0.2) is 5.78 Å². The quantitative estimate of drug-likeness (QED) is 0.776. The van der Waals surface area contributed by atoms with Crippen molar-refractivity contribution in [1.29, 1.82) is 0 Å². The van der Waals surface area contributed by atoms with Crippen molar-refractivity contribution < 1.29 is 4.79 Å². The average molecular weight is 243 g/mol. The molecule has 1 aromatic heterocycles. The van der Waals surface area contributed by atoms with E-state index in [1.54, 1.807) is 11.7 Å². The Morgan fingerprint density at radius 3 is 2.33 bits per heavy atom. The van der Waals surface area contributed by atoms with Gasteiger partial charge in [-0.2, -0.15) is 5.10 Å². The predicted molar refractivity (Wildman–Crippen MR) is 69.7 cm³/mol. The van der Waals surface area contributed by atoms with Crippen molar-refractivity contribution in [2.45, 2.75) is 27.2 Å². The Bertz CT molecular complexity index is 576. The molecule has 0 amide bonds. The van der Waals surface area contributed by atoms with Gasteiger partial charge in [0.05, 0.1) is 6.42 Å². The van der Waals surface area contributed by atoms with Crippen molar-refractivity contribution in [1.82, 2.24) is 14.8 Å². The molecule has 0 aliphatic rings. The van der Waals surface area contributed by atoms with E-state index in [0.29, 0.717) is 12.2 Å². The molecule has 94 valence electrons. The Balaban J connectivity index is 2.33. The fourth-order valence-electron chi connectivity index (χ4n) is 2.33. The summed E-state index contributed by atoms with van der Waals surface area (Å²) in [5.74, 6) is 0.792. The minimum Gasteiger partial charge on any atom is -0.294 e. The molecule has 0 saturated heterocycles. The number of nitrogens with zero attached hydrogens (tertiary/aromatic N) is 3. The molecule has 4 heteroatoms. The van der Waals surface area contributed by atoms with Gasteiger partial charge in [0.1, 0.15) is 12.2 Å².